The summed E-state index contributed by atoms with van der Waals surface area (Å²) >= 11 is 13.2. The minimum Gasteiger partial charge on any atom is -0.467 e. The van der Waals surface area contributed by atoms with Crippen molar-refractivity contribution in [3.05, 3.63) is 33.1 Å². The third-order valence-corrected chi connectivity index (χ3v) is 4.66. The lowest BCUT2D eigenvalue weighted by atomic mass is 10.2. The maximum Gasteiger partial charge on any atom is 0.330 e. The number of nitrogens with one attached hydrogen (secondary N) is 1. The number of hydrogen-bond acceptors (Lipinski definition) is 5. The fraction of sp³-hybridized carbons (Fsp3) is 0.231. The number of thiophene rings is 1. The maximum absolute atomic E-state index is 12.2. The van der Waals surface area contributed by atoms with E-state index in [0.717, 1.165) is 16.0 Å². The first-order chi connectivity index (χ1) is 9.97. The molecule has 1 amide bonds. The van der Waals surface area contributed by atoms with Crippen molar-refractivity contribution in [2.24, 2.45) is 0 Å². The van der Waals surface area contributed by atoms with E-state index in [1.165, 1.54) is 7.11 Å². The van der Waals surface area contributed by atoms with Crippen molar-refractivity contribution in [2.75, 3.05) is 13.7 Å². The Bertz CT molecular complexity index is 701. The van der Waals surface area contributed by atoms with Gasteiger partial charge in [-0.05, 0) is 12.1 Å². The van der Waals surface area contributed by atoms with Gasteiger partial charge < -0.3 is 15.2 Å². The van der Waals surface area contributed by atoms with Gasteiger partial charge in [-0.3, -0.25) is 4.79 Å². The molecule has 2 aromatic rings. The van der Waals surface area contributed by atoms with Crippen LogP contribution in [0.1, 0.15) is 9.67 Å². The molecule has 0 radical (unpaired) electrons. The van der Waals surface area contributed by atoms with E-state index in [4.69, 9.17) is 28.3 Å². The van der Waals surface area contributed by atoms with Crippen LogP contribution >= 0.6 is 34.5 Å². The molecule has 1 aromatic heterocycles. The number of esters is 1. The number of aliphatic hydroxyl groups is 1. The van der Waals surface area contributed by atoms with E-state index < -0.39 is 24.5 Å². The molecule has 0 saturated carbocycles. The smallest absolute Gasteiger partial charge is 0.330 e. The van der Waals surface area contributed by atoms with Gasteiger partial charge in [-0.1, -0.05) is 29.3 Å². The summed E-state index contributed by atoms with van der Waals surface area (Å²) < 4.78 is 5.24. The zero-order valence-electron chi connectivity index (χ0n) is 10.9. The highest BCUT2D eigenvalue weighted by Crippen LogP contribution is 2.36. The quantitative estimate of drug-likeness (QED) is 0.833. The first-order valence-electron chi connectivity index (χ1n) is 5.85. The third-order valence-electron chi connectivity index (χ3n) is 2.77. The van der Waals surface area contributed by atoms with Crippen molar-refractivity contribution < 1.29 is 19.4 Å². The molecule has 0 spiro atoms. The summed E-state index contributed by atoms with van der Waals surface area (Å²) in [6.45, 7) is -0.563. The van der Waals surface area contributed by atoms with Gasteiger partial charge >= 0.3 is 5.97 Å². The van der Waals surface area contributed by atoms with Crippen LogP contribution in [-0.2, 0) is 9.53 Å². The molecule has 21 heavy (non-hydrogen) atoms. The van der Waals surface area contributed by atoms with E-state index in [9.17, 15) is 9.59 Å². The van der Waals surface area contributed by atoms with Crippen molar-refractivity contribution in [3.8, 4) is 0 Å². The van der Waals surface area contributed by atoms with Crippen molar-refractivity contribution in [3.63, 3.8) is 0 Å². The number of fused-ring (bicyclic) bond motifs is 1. The van der Waals surface area contributed by atoms with Gasteiger partial charge in [0.05, 0.1) is 18.7 Å². The molecule has 0 bridgehead atoms. The molecule has 2 rings (SSSR count). The highest BCUT2D eigenvalue weighted by Gasteiger charge is 2.24. The highest BCUT2D eigenvalue weighted by molar-refractivity contribution is 7.21. The number of halogens is 2. The Morgan fingerprint density at radius 1 is 1.43 bits per heavy atom. The summed E-state index contributed by atoms with van der Waals surface area (Å²) in [5.41, 5.74) is 0. The van der Waals surface area contributed by atoms with E-state index >= 15 is 0 Å². The van der Waals surface area contributed by atoms with Crippen molar-refractivity contribution in [1.82, 2.24) is 5.32 Å². The summed E-state index contributed by atoms with van der Waals surface area (Å²) in [7, 11) is 1.17. The molecule has 8 heteroatoms. The number of ether oxygens (including phenoxy) is 1. The van der Waals surface area contributed by atoms with Crippen LogP contribution in [0.4, 0.5) is 0 Å². The largest absolute Gasteiger partial charge is 0.467 e. The van der Waals surface area contributed by atoms with Gasteiger partial charge in [0.1, 0.15) is 4.88 Å². The number of amides is 1. The standard InChI is InChI=1S/C13H11Cl2NO4S/c1-20-13(19)8(5-17)16-12(18)11-10(15)7-3-2-6(14)4-9(7)21-11/h2-4,8,17H,5H2,1H3,(H,16,18). The van der Waals surface area contributed by atoms with Gasteiger partial charge in [-0.25, -0.2) is 4.79 Å². The van der Waals surface area contributed by atoms with E-state index in [0.29, 0.717) is 10.4 Å². The summed E-state index contributed by atoms with van der Waals surface area (Å²) in [5, 5.41) is 13.0. The van der Waals surface area contributed by atoms with Gasteiger partial charge in [-0.2, -0.15) is 0 Å². The Morgan fingerprint density at radius 2 is 2.14 bits per heavy atom. The third kappa shape index (κ3) is 3.29. The molecular formula is C13H11Cl2NO4S. The average molecular weight is 348 g/mol. The molecule has 2 N–H and O–H groups in total. The molecule has 1 atom stereocenters. The van der Waals surface area contributed by atoms with Crippen LogP contribution in [0.3, 0.4) is 0 Å². The van der Waals surface area contributed by atoms with Crippen molar-refractivity contribution in [1.29, 1.82) is 0 Å². The van der Waals surface area contributed by atoms with Crippen LogP contribution in [0.15, 0.2) is 18.2 Å². The number of carbonyl (C=O) groups is 2. The van der Waals surface area contributed by atoms with E-state index in [2.05, 4.69) is 10.1 Å². The number of carbonyl (C=O) groups excluding carboxylic acids is 2. The van der Waals surface area contributed by atoms with Gasteiger partial charge in [0.15, 0.2) is 6.04 Å². The lowest BCUT2D eigenvalue weighted by Gasteiger charge is -2.13. The Kier molecular flexibility index (Phi) is 5.05. The van der Waals surface area contributed by atoms with Crippen molar-refractivity contribution in [2.45, 2.75) is 6.04 Å². The maximum atomic E-state index is 12.2. The summed E-state index contributed by atoms with van der Waals surface area (Å²) in [6.07, 6.45) is 0. The molecule has 0 aliphatic heterocycles. The van der Waals surface area contributed by atoms with Crippen molar-refractivity contribution >= 4 is 56.5 Å². The van der Waals surface area contributed by atoms with Crippen LogP contribution in [0.5, 0.6) is 0 Å². The van der Waals surface area contributed by atoms with Crippen LogP contribution in [0.2, 0.25) is 10.0 Å². The number of benzene rings is 1. The van der Waals surface area contributed by atoms with E-state index in [1.807, 2.05) is 0 Å². The lowest BCUT2D eigenvalue weighted by molar-refractivity contribution is -0.143. The Hall–Kier alpha value is -1.34. The molecular weight excluding hydrogens is 337 g/mol. The Morgan fingerprint density at radius 3 is 2.76 bits per heavy atom. The fourth-order valence-corrected chi connectivity index (χ4v) is 3.43. The van der Waals surface area contributed by atoms with Gasteiger partial charge in [-0.15, -0.1) is 11.3 Å². The van der Waals surface area contributed by atoms with E-state index in [1.54, 1.807) is 18.2 Å². The summed E-state index contributed by atoms with van der Waals surface area (Å²) in [5.74, 6) is -1.28. The zero-order valence-corrected chi connectivity index (χ0v) is 13.2. The molecule has 112 valence electrons. The van der Waals surface area contributed by atoms with Crippen LogP contribution in [0, 0.1) is 0 Å². The Balaban J connectivity index is 2.31. The minimum atomic E-state index is -1.13. The molecule has 0 aliphatic rings. The first kappa shape index (κ1) is 16.0. The molecule has 0 aliphatic carbocycles. The van der Waals surface area contributed by atoms with Gasteiger partial charge in [0, 0.05) is 15.1 Å². The monoisotopic (exact) mass is 347 g/mol. The summed E-state index contributed by atoms with van der Waals surface area (Å²) in [6, 6.07) is 3.97. The fourth-order valence-electron chi connectivity index (χ4n) is 1.73. The lowest BCUT2D eigenvalue weighted by Crippen LogP contribution is -2.43. The van der Waals surface area contributed by atoms with Crippen LogP contribution in [-0.4, -0.2) is 36.7 Å². The molecule has 1 aromatic carbocycles. The number of rotatable bonds is 4. The minimum absolute atomic E-state index is 0.247. The number of hydrogen-bond donors (Lipinski definition) is 2. The number of methoxy groups -OCH3 is 1. The molecule has 0 saturated heterocycles. The zero-order chi connectivity index (χ0) is 15.6. The first-order valence-corrected chi connectivity index (χ1v) is 7.42. The predicted molar refractivity (Wildman–Crippen MR) is 82.2 cm³/mol. The van der Waals surface area contributed by atoms with Gasteiger partial charge in [0.2, 0.25) is 0 Å². The normalized spacial score (nSPS) is 12.2. The molecule has 0 fully saturated rings. The Labute approximate surface area is 134 Å². The SMILES string of the molecule is COC(=O)C(CO)NC(=O)c1sc2cc(Cl)ccc2c1Cl. The summed E-state index contributed by atoms with van der Waals surface area (Å²) in [4.78, 5) is 23.8. The highest BCUT2D eigenvalue weighted by atomic mass is 35.5. The molecule has 5 nitrogen and oxygen atoms in total. The number of aliphatic hydroxyl groups excluding tert-OH is 1. The topological polar surface area (TPSA) is 75.6 Å². The van der Waals surface area contributed by atoms with Crippen LogP contribution in [0.25, 0.3) is 10.1 Å². The second-order valence-corrected chi connectivity index (χ2v) is 5.98. The van der Waals surface area contributed by atoms with E-state index in [-0.39, 0.29) is 9.90 Å². The second kappa shape index (κ2) is 6.62. The average Bonchev–Trinajstić information content (AvgIpc) is 2.80. The van der Waals surface area contributed by atoms with Gasteiger partial charge in [0.25, 0.3) is 5.91 Å². The van der Waals surface area contributed by atoms with Crippen LogP contribution < -0.4 is 5.32 Å². The molecule has 1 unspecified atom stereocenters. The second-order valence-electron chi connectivity index (χ2n) is 4.12. The molecule has 1 heterocycles. The predicted octanol–water partition coefficient (Wildman–Crippen LogP) is 2.47.